The Kier molecular flexibility index (Phi) is 4.79. The fraction of sp³-hybridized carbons (Fsp3) is 0.136. The van der Waals surface area contributed by atoms with Gasteiger partial charge in [-0.3, -0.25) is 0 Å². The van der Waals surface area contributed by atoms with E-state index in [1.807, 2.05) is 61.5 Å². The normalized spacial score (nSPS) is 11.4. The maximum absolute atomic E-state index is 9.58. The third-order valence-corrected chi connectivity index (χ3v) is 4.59. The molecule has 0 fully saturated rings. The summed E-state index contributed by atoms with van der Waals surface area (Å²) >= 11 is 6.00. The molecule has 1 heterocycles. The molecular formula is C22H19ClN2. The average molecular weight is 347 g/mol. The van der Waals surface area contributed by atoms with E-state index in [1.165, 1.54) is 5.56 Å². The fourth-order valence-corrected chi connectivity index (χ4v) is 3.12. The average Bonchev–Trinajstić information content (AvgIpc) is 2.88. The first kappa shape index (κ1) is 17.1. The Morgan fingerprint density at radius 1 is 1.00 bits per heavy atom. The molecule has 3 heteroatoms. The number of hydrogen-bond donors (Lipinski definition) is 0. The fourth-order valence-electron chi connectivity index (χ4n) is 2.99. The number of aromatic nitrogens is 1. The topological polar surface area (TPSA) is 28.7 Å². The predicted octanol–water partition coefficient (Wildman–Crippen LogP) is 6.12. The second-order valence-corrected chi connectivity index (χ2v) is 6.61. The molecule has 3 aromatic rings. The largest absolute Gasteiger partial charge is 0.318 e. The van der Waals surface area contributed by atoms with Gasteiger partial charge in [0.25, 0.3) is 0 Å². The third-order valence-electron chi connectivity index (χ3n) is 4.34. The lowest BCUT2D eigenvalue weighted by Gasteiger charge is -2.09. The van der Waals surface area contributed by atoms with E-state index in [0.29, 0.717) is 5.57 Å². The van der Waals surface area contributed by atoms with Crippen molar-refractivity contribution in [2.24, 2.45) is 0 Å². The number of rotatable bonds is 3. The zero-order chi connectivity index (χ0) is 18.0. The molecule has 0 bridgehead atoms. The number of nitrogens with zero attached hydrogens (tertiary/aromatic N) is 2. The zero-order valence-corrected chi connectivity index (χ0v) is 15.3. The first-order valence-electron chi connectivity index (χ1n) is 8.13. The molecule has 0 saturated carbocycles. The van der Waals surface area contributed by atoms with Crippen LogP contribution in [0, 0.1) is 32.1 Å². The van der Waals surface area contributed by atoms with Crippen LogP contribution in [0.4, 0.5) is 0 Å². The number of halogens is 1. The molecule has 2 nitrogen and oxygen atoms in total. The quantitative estimate of drug-likeness (QED) is 0.525. The maximum Gasteiger partial charge on any atom is 0.0998 e. The Labute approximate surface area is 153 Å². The summed E-state index contributed by atoms with van der Waals surface area (Å²) in [5, 5.41) is 10.3. The number of hydrogen-bond acceptors (Lipinski definition) is 1. The molecule has 1 aromatic heterocycles. The zero-order valence-electron chi connectivity index (χ0n) is 14.5. The van der Waals surface area contributed by atoms with Crippen molar-refractivity contribution in [3.8, 4) is 11.8 Å². The van der Waals surface area contributed by atoms with Gasteiger partial charge in [-0.1, -0.05) is 41.4 Å². The second kappa shape index (κ2) is 7.01. The van der Waals surface area contributed by atoms with E-state index in [0.717, 1.165) is 33.2 Å². The standard InChI is InChI=1S/C22H19ClN2/c1-15-4-6-18(7-5-15)20(14-24)13-19-12-16(2)25(17(19)3)22-10-8-21(23)9-11-22/h4-13H,1-3H3/b20-13+. The van der Waals surface area contributed by atoms with Crippen molar-refractivity contribution in [1.82, 2.24) is 4.57 Å². The highest BCUT2D eigenvalue weighted by molar-refractivity contribution is 6.30. The Bertz CT molecular complexity index is 969. The van der Waals surface area contributed by atoms with Crippen LogP contribution in [0.25, 0.3) is 17.3 Å². The van der Waals surface area contributed by atoms with Crippen LogP contribution in [0.5, 0.6) is 0 Å². The van der Waals surface area contributed by atoms with Crippen molar-refractivity contribution in [3.05, 3.63) is 87.7 Å². The summed E-state index contributed by atoms with van der Waals surface area (Å²) in [7, 11) is 0. The minimum absolute atomic E-state index is 0.663. The molecule has 0 amide bonds. The van der Waals surface area contributed by atoms with Gasteiger partial charge >= 0.3 is 0 Å². The molecule has 0 radical (unpaired) electrons. The van der Waals surface area contributed by atoms with E-state index in [4.69, 9.17) is 11.6 Å². The molecule has 0 aliphatic carbocycles. The smallest absolute Gasteiger partial charge is 0.0998 e. The van der Waals surface area contributed by atoms with Crippen LogP contribution in [-0.2, 0) is 0 Å². The minimum atomic E-state index is 0.663. The van der Waals surface area contributed by atoms with Crippen molar-refractivity contribution in [2.45, 2.75) is 20.8 Å². The van der Waals surface area contributed by atoms with Crippen molar-refractivity contribution in [3.63, 3.8) is 0 Å². The third kappa shape index (κ3) is 3.52. The van der Waals surface area contributed by atoms with Gasteiger partial charge in [0.2, 0.25) is 0 Å². The summed E-state index contributed by atoms with van der Waals surface area (Å²) in [6.07, 6.45) is 1.96. The van der Waals surface area contributed by atoms with Crippen LogP contribution in [-0.4, -0.2) is 4.57 Å². The van der Waals surface area contributed by atoms with Gasteiger partial charge in [0.15, 0.2) is 0 Å². The maximum atomic E-state index is 9.58. The van der Waals surface area contributed by atoms with Gasteiger partial charge in [0.05, 0.1) is 11.6 Å². The molecule has 124 valence electrons. The van der Waals surface area contributed by atoms with Gasteiger partial charge in [-0.15, -0.1) is 0 Å². The van der Waals surface area contributed by atoms with Crippen molar-refractivity contribution < 1.29 is 0 Å². The predicted molar refractivity (Wildman–Crippen MR) is 105 cm³/mol. The lowest BCUT2D eigenvalue weighted by atomic mass is 10.0. The van der Waals surface area contributed by atoms with Crippen LogP contribution in [0.2, 0.25) is 5.02 Å². The van der Waals surface area contributed by atoms with Gasteiger partial charge in [0.1, 0.15) is 0 Å². The molecule has 0 atom stereocenters. The second-order valence-electron chi connectivity index (χ2n) is 6.17. The molecule has 0 spiro atoms. The Hall–Kier alpha value is -2.76. The highest BCUT2D eigenvalue weighted by atomic mass is 35.5. The lowest BCUT2D eigenvalue weighted by molar-refractivity contribution is 0.964. The molecule has 0 aliphatic rings. The lowest BCUT2D eigenvalue weighted by Crippen LogP contribution is -1.98. The van der Waals surface area contributed by atoms with E-state index in [9.17, 15) is 5.26 Å². The van der Waals surface area contributed by atoms with Crippen LogP contribution < -0.4 is 0 Å². The molecule has 0 aliphatic heterocycles. The summed E-state index contributed by atoms with van der Waals surface area (Å²) in [5.74, 6) is 0. The van der Waals surface area contributed by atoms with E-state index in [2.05, 4.69) is 30.6 Å². The molecule has 25 heavy (non-hydrogen) atoms. The summed E-state index contributed by atoms with van der Waals surface area (Å²) in [6, 6.07) is 20.2. The molecule has 2 aromatic carbocycles. The van der Waals surface area contributed by atoms with E-state index in [-0.39, 0.29) is 0 Å². The monoisotopic (exact) mass is 346 g/mol. The van der Waals surface area contributed by atoms with E-state index in [1.54, 1.807) is 0 Å². The van der Waals surface area contributed by atoms with Gasteiger partial charge in [0, 0.05) is 22.1 Å². The first-order chi connectivity index (χ1) is 12.0. The van der Waals surface area contributed by atoms with Crippen LogP contribution in [0.1, 0.15) is 28.1 Å². The van der Waals surface area contributed by atoms with Crippen LogP contribution in [0.15, 0.2) is 54.6 Å². The number of benzene rings is 2. The molecule has 0 saturated heterocycles. The van der Waals surface area contributed by atoms with E-state index >= 15 is 0 Å². The Morgan fingerprint density at radius 2 is 1.64 bits per heavy atom. The number of allylic oxidation sites excluding steroid dienone is 1. The first-order valence-corrected chi connectivity index (χ1v) is 8.51. The van der Waals surface area contributed by atoms with Crippen molar-refractivity contribution in [1.29, 1.82) is 5.26 Å². The van der Waals surface area contributed by atoms with Crippen LogP contribution >= 0.6 is 11.6 Å². The summed E-state index contributed by atoms with van der Waals surface area (Å²) in [5.41, 5.74) is 7.10. The van der Waals surface area contributed by atoms with Gasteiger partial charge in [-0.25, -0.2) is 0 Å². The van der Waals surface area contributed by atoms with Gasteiger partial charge in [-0.2, -0.15) is 5.26 Å². The Balaban J connectivity index is 2.06. The summed E-state index contributed by atoms with van der Waals surface area (Å²) < 4.78 is 2.17. The molecule has 0 unspecified atom stereocenters. The summed E-state index contributed by atoms with van der Waals surface area (Å²) in [4.78, 5) is 0. The Morgan fingerprint density at radius 3 is 2.24 bits per heavy atom. The number of aryl methyl sites for hydroxylation is 2. The van der Waals surface area contributed by atoms with Crippen molar-refractivity contribution >= 4 is 23.3 Å². The van der Waals surface area contributed by atoms with Crippen LogP contribution in [0.3, 0.4) is 0 Å². The molecule has 0 N–H and O–H groups in total. The SMILES string of the molecule is Cc1ccc(/C(C#N)=C/c2cc(C)n(-c3ccc(Cl)cc3)c2C)cc1. The van der Waals surface area contributed by atoms with E-state index < -0.39 is 0 Å². The highest BCUT2D eigenvalue weighted by Gasteiger charge is 2.11. The molecular weight excluding hydrogens is 328 g/mol. The minimum Gasteiger partial charge on any atom is -0.318 e. The van der Waals surface area contributed by atoms with Gasteiger partial charge < -0.3 is 4.57 Å². The summed E-state index contributed by atoms with van der Waals surface area (Å²) in [6.45, 7) is 6.17. The number of nitriles is 1. The van der Waals surface area contributed by atoms with Crippen molar-refractivity contribution in [2.75, 3.05) is 0 Å². The van der Waals surface area contributed by atoms with Gasteiger partial charge in [-0.05, 0) is 68.3 Å². The molecule has 3 rings (SSSR count). The highest BCUT2D eigenvalue weighted by Crippen LogP contribution is 2.26.